The van der Waals surface area contributed by atoms with Gasteiger partial charge >= 0.3 is 0 Å². The first-order chi connectivity index (χ1) is 9.45. The van der Waals surface area contributed by atoms with Gasteiger partial charge in [-0.25, -0.2) is 0 Å². The molecule has 0 bridgehead atoms. The van der Waals surface area contributed by atoms with E-state index in [1.54, 1.807) is 0 Å². The highest BCUT2D eigenvalue weighted by atomic mass is 16.5. The third-order valence-electron chi connectivity index (χ3n) is 2.81. The molecule has 6 nitrogen and oxygen atoms in total. The Hall–Kier alpha value is -2.89. The van der Waals surface area contributed by atoms with Crippen molar-refractivity contribution in [2.24, 2.45) is 0 Å². The monoisotopic (exact) mass is 276 g/mol. The molecule has 2 aromatic rings. The Bertz CT molecular complexity index is 660. The highest BCUT2D eigenvalue weighted by Gasteiger charge is 2.22. The first kappa shape index (κ1) is 13.5. The molecule has 0 aromatic heterocycles. The molecule has 0 saturated heterocycles. The second kappa shape index (κ2) is 5.00. The number of benzene rings is 2. The molecule has 0 unspecified atom stereocenters. The third kappa shape index (κ3) is 2.18. The number of phenols is 4. The minimum atomic E-state index is -0.827. The number of carbonyl (C=O) groups excluding carboxylic acids is 1. The van der Waals surface area contributed by atoms with Crippen LogP contribution < -0.4 is 4.74 Å². The van der Waals surface area contributed by atoms with Gasteiger partial charge in [-0.15, -0.1) is 0 Å². The summed E-state index contributed by atoms with van der Waals surface area (Å²) < 4.78 is 4.81. The van der Waals surface area contributed by atoms with Gasteiger partial charge in [-0.05, 0) is 30.3 Å². The molecule has 0 radical (unpaired) electrons. The summed E-state index contributed by atoms with van der Waals surface area (Å²) in [5.74, 6) is -2.93. The molecule has 20 heavy (non-hydrogen) atoms. The van der Waals surface area contributed by atoms with E-state index >= 15 is 0 Å². The van der Waals surface area contributed by atoms with Crippen LogP contribution in [0.2, 0.25) is 0 Å². The molecular weight excluding hydrogens is 264 g/mol. The van der Waals surface area contributed by atoms with Crippen LogP contribution in [-0.2, 0) is 0 Å². The zero-order valence-corrected chi connectivity index (χ0v) is 10.5. The van der Waals surface area contributed by atoms with Crippen molar-refractivity contribution in [3.05, 3.63) is 41.5 Å². The minimum absolute atomic E-state index is 0.00286. The van der Waals surface area contributed by atoms with Crippen molar-refractivity contribution in [2.45, 2.75) is 0 Å². The van der Waals surface area contributed by atoms with Gasteiger partial charge in [-0.3, -0.25) is 4.79 Å². The first-order valence-corrected chi connectivity index (χ1v) is 5.61. The maximum absolute atomic E-state index is 12.2. The Morgan fingerprint density at radius 3 is 2.10 bits per heavy atom. The number of hydrogen-bond acceptors (Lipinski definition) is 6. The molecule has 104 valence electrons. The van der Waals surface area contributed by atoms with Crippen LogP contribution in [-0.4, -0.2) is 33.3 Å². The van der Waals surface area contributed by atoms with Crippen LogP contribution >= 0.6 is 0 Å². The average Bonchev–Trinajstić information content (AvgIpc) is 2.45. The number of ketones is 1. The van der Waals surface area contributed by atoms with Crippen molar-refractivity contribution in [3.63, 3.8) is 0 Å². The van der Waals surface area contributed by atoms with E-state index in [1.807, 2.05) is 0 Å². The first-order valence-electron chi connectivity index (χ1n) is 5.61. The Morgan fingerprint density at radius 2 is 1.55 bits per heavy atom. The summed E-state index contributed by atoms with van der Waals surface area (Å²) in [6.45, 7) is 0. The predicted octanol–water partition coefficient (Wildman–Crippen LogP) is 1.75. The van der Waals surface area contributed by atoms with E-state index in [1.165, 1.54) is 31.4 Å². The van der Waals surface area contributed by atoms with Gasteiger partial charge in [0.25, 0.3) is 0 Å². The van der Waals surface area contributed by atoms with E-state index in [9.17, 15) is 25.2 Å². The highest BCUT2D eigenvalue weighted by Crippen LogP contribution is 2.44. The van der Waals surface area contributed by atoms with Gasteiger partial charge in [-0.2, -0.15) is 0 Å². The molecule has 0 aliphatic carbocycles. The summed E-state index contributed by atoms with van der Waals surface area (Å²) in [5, 5.41) is 38.0. The van der Waals surface area contributed by atoms with E-state index in [2.05, 4.69) is 0 Å². The van der Waals surface area contributed by atoms with Crippen LogP contribution in [0.15, 0.2) is 30.3 Å². The number of hydrogen-bond donors (Lipinski definition) is 4. The maximum Gasteiger partial charge on any atom is 0.205 e. The number of rotatable bonds is 3. The van der Waals surface area contributed by atoms with Crippen molar-refractivity contribution >= 4 is 5.78 Å². The maximum atomic E-state index is 12.2. The number of carbonyl (C=O) groups is 1. The summed E-state index contributed by atoms with van der Waals surface area (Å²) >= 11 is 0. The lowest BCUT2D eigenvalue weighted by atomic mass is 10.0. The fraction of sp³-hybridized carbons (Fsp3) is 0.0714. The third-order valence-corrected chi connectivity index (χ3v) is 2.81. The molecule has 0 fully saturated rings. The molecule has 0 heterocycles. The summed E-state index contributed by atoms with van der Waals surface area (Å²) in [4.78, 5) is 12.2. The van der Waals surface area contributed by atoms with Crippen LogP contribution in [0, 0.1) is 0 Å². The van der Waals surface area contributed by atoms with Gasteiger partial charge in [0.1, 0.15) is 5.75 Å². The number of aromatic hydroxyl groups is 4. The molecule has 0 spiro atoms. The number of methoxy groups -OCH3 is 1. The van der Waals surface area contributed by atoms with Crippen LogP contribution in [0.5, 0.6) is 28.7 Å². The Balaban J connectivity index is 2.55. The van der Waals surface area contributed by atoms with Crippen LogP contribution in [0.4, 0.5) is 0 Å². The molecule has 0 amide bonds. The normalized spacial score (nSPS) is 10.2. The lowest BCUT2D eigenvalue weighted by Crippen LogP contribution is -2.02. The SMILES string of the molecule is COc1cc(C(=O)c2ccc(O)cc2)c(O)c(O)c1O. The van der Waals surface area contributed by atoms with Crippen molar-refractivity contribution < 1.29 is 30.0 Å². The van der Waals surface area contributed by atoms with Gasteiger partial charge < -0.3 is 25.2 Å². The van der Waals surface area contributed by atoms with Crippen LogP contribution in [0.3, 0.4) is 0 Å². The Morgan fingerprint density at radius 1 is 0.950 bits per heavy atom. The molecule has 0 saturated carbocycles. The summed E-state index contributed by atoms with van der Waals surface area (Å²) in [6.07, 6.45) is 0. The fourth-order valence-corrected chi connectivity index (χ4v) is 1.72. The summed E-state index contributed by atoms with van der Waals surface area (Å²) in [7, 11) is 1.25. The standard InChI is InChI=1S/C14H12O6/c1-20-10-6-9(12(17)14(19)13(10)18)11(16)7-2-4-8(15)5-3-7/h2-6,15,17-19H,1H3. The van der Waals surface area contributed by atoms with Crippen molar-refractivity contribution in [1.29, 1.82) is 0 Å². The molecular formula is C14H12O6. The molecule has 6 heteroatoms. The van der Waals surface area contributed by atoms with Gasteiger partial charge in [0, 0.05) is 5.56 Å². The van der Waals surface area contributed by atoms with E-state index in [-0.39, 0.29) is 22.6 Å². The zero-order chi connectivity index (χ0) is 14.9. The van der Waals surface area contributed by atoms with Gasteiger partial charge in [-0.1, -0.05) is 0 Å². The highest BCUT2D eigenvalue weighted by molar-refractivity contribution is 6.11. The zero-order valence-electron chi connectivity index (χ0n) is 10.5. The van der Waals surface area contributed by atoms with Crippen molar-refractivity contribution in [3.8, 4) is 28.7 Å². The topological polar surface area (TPSA) is 107 Å². The lowest BCUT2D eigenvalue weighted by Gasteiger charge is -2.11. The molecule has 0 aliphatic heterocycles. The van der Waals surface area contributed by atoms with E-state index in [0.717, 1.165) is 6.07 Å². The largest absolute Gasteiger partial charge is 0.508 e. The van der Waals surface area contributed by atoms with Crippen molar-refractivity contribution in [1.82, 2.24) is 0 Å². The minimum Gasteiger partial charge on any atom is -0.508 e. The number of ether oxygens (including phenoxy) is 1. The fourth-order valence-electron chi connectivity index (χ4n) is 1.72. The Labute approximate surface area is 114 Å². The van der Waals surface area contributed by atoms with Gasteiger partial charge in [0.15, 0.2) is 17.3 Å². The molecule has 2 aromatic carbocycles. The quantitative estimate of drug-likeness (QED) is 0.502. The molecule has 2 rings (SSSR count). The van der Waals surface area contributed by atoms with Gasteiger partial charge in [0.05, 0.1) is 12.7 Å². The van der Waals surface area contributed by atoms with Crippen LogP contribution in [0.25, 0.3) is 0 Å². The van der Waals surface area contributed by atoms with E-state index in [0.29, 0.717) is 0 Å². The lowest BCUT2D eigenvalue weighted by molar-refractivity contribution is 0.103. The molecule has 0 atom stereocenters. The molecule has 0 aliphatic rings. The predicted molar refractivity (Wildman–Crippen MR) is 69.5 cm³/mol. The second-order valence-corrected chi connectivity index (χ2v) is 4.05. The number of phenolic OH excluding ortho intramolecular Hbond substituents is 4. The second-order valence-electron chi connectivity index (χ2n) is 4.05. The smallest absolute Gasteiger partial charge is 0.205 e. The van der Waals surface area contributed by atoms with Crippen LogP contribution in [0.1, 0.15) is 15.9 Å². The average molecular weight is 276 g/mol. The van der Waals surface area contributed by atoms with E-state index < -0.39 is 23.0 Å². The summed E-state index contributed by atoms with van der Waals surface area (Å²) in [6, 6.07) is 6.50. The molecule has 4 N–H and O–H groups in total. The van der Waals surface area contributed by atoms with E-state index in [4.69, 9.17) is 4.74 Å². The van der Waals surface area contributed by atoms with Crippen molar-refractivity contribution in [2.75, 3.05) is 7.11 Å². The van der Waals surface area contributed by atoms with Gasteiger partial charge in [0.2, 0.25) is 11.5 Å². The Kier molecular flexibility index (Phi) is 3.39. The summed E-state index contributed by atoms with van der Waals surface area (Å²) in [5.41, 5.74) is -0.0203.